The van der Waals surface area contributed by atoms with Gasteiger partial charge in [0.1, 0.15) is 5.76 Å². The van der Waals surface area contributed by atoms with E-state index in [1.807, 2.05) is 0 Å². The van der Waals surface area contributed by atoms with E-state index >= 15 is 0 Å². The molecule has 8 heteroatoms. The van der Waals surface area contributed by atoms with Crippen molar-refractivity contribution in [2.24, 2.45) is 0 Å². The van der Waals surface area contributed by atoms with Crippen LogP contribution in [0.15, 0.2) is 32.7 Å². The molecule has 0 amide bonds. The number of oxazole rings is 1. The summed E-state index contributed by atoms with van der Waals surface area (Å²) in [5, 5.41) is 9.25. The maximum atomic E-state index is 12.6. The average molecular weight is 317 g/mol. The molecule has 4 nitrogen and oxygen atoms in total. The summed E-state index contributed by atoms with van der Waals surface area (Å²) < 4.78 is 43.1. The van der Waals surface area contributed by atoms with E-state index in [2.05, 4.69) is 4.98 Å². The van der Waals surface area contributed by atoms with Gasteiger partial charge >= 0.3 is 12.1 Å². The van der Waals surface area contributed by atoms with Crippen LogP contribution in [0.3, 0.4) is 0 Å². The Morgan fingerprint density at radius 2 is 2.00 bits per heavy atom. The fourth-order valence-electron chi connectivity index (χ4n) is 1.54. The van der Waals surface area contributed by atoms with E-state index in [1.54, 1.807) is 13.8 Å². The quantitative estimate of drug-likeness (QED) is 0.921. The van der Waals surface area contributed by atoms with Gasteiger partial charge in [-0.1, -0.05) is 0 Å². The lowest BCUT2D eigenvalue weighted by Gasteiger charge is -2.09. The third kappa shape index (κ3) is 3.38. The second-order valence-electron chi connectivity index (χ2n) is 4.24. The summed E-state index contributed by atoms with van der Waals surface area (Å²) in [5.41, 5.74) is -0.811. The first-order chi connectivity index (χ1) is 9.68. The van der Waals surface area contributed by atoms with E-state index < -0.39 is 23.3 Å². The molecule has 0 saturated carbocycles. The highest BCUT2D eigenvalue weighted by molar-refractivity contribution is 7.99. The fraction of sp³-hybridized carbons (Fsp3) is 0.231. The number of halogens is 3. The first-order valence-electron chi connectivity index (χ1n) is 5.75. The number of carboxylic acids is 1. The molecule has 0 aliphatic carbocycles. The monoisotopic (exact) mass is 317 g/mol. The summed E-state index contributed by atoms with van der Waals surface area (Å²) >= 11 is 0.871. The molecule has 0 unspecified atom stereocenters. The molecule has 0 atom stereocenters. The molecule has 1 aromatic carbocycles. The van der Waals surface area contributed by atoms with Crippen molar-refractivity contribution < 1.29 is 27.5 Å². The molecule has 0 spiro atoms. The number of hydrogen-bond acceptors (Lipinski definition) is 4. The van der Waals surface area contributed by atoms with Crippen molar-refractivity contribution in [2.75, 3.05) is 0 Å². The smallest absolute Gasteiger partial charge is 0.416 e. The van der Waals surface area contributed by atoms with Gasteiger partial charge in [-0.3, -0.25) is 0 Å². The molecule has 0 aliphatic rings. The number of aromatic carboxylic acids is 1. The molecule has 1 N–H and O–H groups in total. The van der Waals surface area contributed by atoms with Gasteiger partial charge < -0.3 is 9.52 Å². The third-order valence-corrected chi connectivity index (χ3v) is 3.67. The van der Waals surface area contributed by atoms with E-state index in [0.717, 1.165) is 23.9 Å². The molecule has 0 aliphatic heterocycles. The lowest BCUT2D eigenvalue weighted by Crippen LogP contribution is -2.08. The summed E-state index contributed by atoms with van der Waals surface area (Å²) in [6.07, 6.45) is -4.59. The lowest BCUT2D eigenvalue weighted by atomic mass is 10.1. The van der Waals surface area contributed by atoms with Crippen LogP contribution in [0.4, 0.5) is 13.2 Å². The van der Waals surface area contributed by atoms with Crippen LogP contribution >= 0.6 is 11.8 Å². The highest BCUT2D eigenvalue weighted by atomic mass is 32.2. The Bertz CT molecular complexity index is 675. The Morgan fingerprint density at radius 3 is 2.48 bits per heavy atom. The Kier molecular flexibility index (Phi) is 3.99. The van der Waals surface area contributed by atoms with Crippen molar-refractivity contribution in [3.63, 3.8) is 0 Å². The summed E-state index contributed by atoms with van der Waals surface area (Å²) in [6.45, 7) is 3.41. The fourth-order valence-corrected chi connectivity index (χ4v) is 2.47. The van der Waals surface area contributed by atoms with Gasteiger partial charge in [-0.25, -0.2) is 9.78 Å². The molecule has 0 bridgehead atoms. The van der Waals surface area contributed by atoms with Crippen molar-refractivity contribution in [1.29, 1.82) is 0 Å². The molecule has 0 fully saturated rings. The number of alkyl halides is 3. The van der Waals surface area contributed by atoms with Gasteiger partial charge in [-0.2, -0.15) is 13.2 Å². The van der Waals surface area contributed by atoms with Crippen molar-refractivity contribution >= 4 is 17.7 Å². The maximum absolute atomic E-state index is 12.6. The predicted octanol–water partition coefficient (Wildman–Crippen LogP) is 4.16. The zero-order valence-electron chi connectivity index (χ0n) is 11.0. The van der Waals surface area contributed by atoms with Crippen LogP contribution in [-0.4, -0.2) is 16.1 Å². The number of aromatic nitrogens is 1. The van der Waals surface area contributed by atoms with Gasteiger partial charge in [-0.05, 0) is 43.8 Å². The van der Waals surface area contributed by atoms with E-state index in [4.69, 9.17) is 9.52 Å². The SMILES string of the molecule is Cc1nc(Sc2ccc(C(F)(F)F)cc2C(=O)O)oc1C. The van der Waals surface area contributed by atoms with Gasteiger partial charge in [0.25, 0.3) is 5.22 Å². The van der Waals surface area contributed by atoms with Crippen molar-refractivity contribution in [1.82, 2.24) is 4.98 Å². The number of benzene rings is 1. The Labute approximate surface area is 122 Å². The molecule has 1 heterocycles. The molecule has 1 aromatic heterocycles. The maximum Gasteiger partial charge on any atom is 0.416 e. The summed E-state index contributed by atoms with van der Waals surface area (Å²) in [4.78, 5) is 15.3. The minimum atomic E-state index is -4.59. The largest absolute Gasteiger partial charge is 0.478 e. The van der Waals surface area contributed by atoms with Crippen LogP contribution in [0.5, 0.6) is 0 Å². The Hall–Kier alpha value is -1.96. The Morgan fingerprint density at radius 1 is 1.33 bits per heavy atom. The molecule has 21 heavy (non-hydrogen) atoms. The molecule has 0 radical (unpaired) electrons. The van der Waals surface area contributed by atoms with E-state index in [0.29, 0.717) is 17.5 Å². The molecule has 2 rings (SSSR count). The number of aryl methyl sites for hydroxylation is 2. The second-order valence-corrected chi connectivity index (χ2v) is 5.23. The Balaban J connectivity index is 2.41. The number of hydrogen-bond donors (Lipinski definition) is 1. The van der Waals surface area contributed by atoms with Crippen LogP contribution in [0.25, 0.3) is 0 Å². The van der Waals surface area contributed by atoms with Gasteiger partial charge in [0.2, 0.25) is 0 Å². The van der Waals surface area contributed by atoms with Crippen LogP contribution in [0.2, 0.25) is 0 Å². The number of rotatable bonds is 3. The molecular formula is C13H10F3NO3S. The standard InChI is InChI=1S/C13H10F3NO3S/c1-6-7(2)20-12(17-6)21-10-4-3-8(13(14,15)16)5-9(10)11(18)19/h3-5H,1-2H3,(H,18,19). The first-order valence-corrected chi connectivity index (χ1v) is 6.56. The molecule has 2 aromatic rings. The van der Waals surface area contributed by atoms with E-state index in [9.17, 15) is 18.0 Å². The zero-order valence-corrected chi connectivity index (χ0v) is 11.8. The minimum absolute atomic E-state index is 0.136. The molecular weight excluding hydrogens is 307 g/mol. The van der Waals surface area contributed by atoms with Crippen molar-refractivity contribution in [3.05, 3.63) is 40.8 Å². The zero-order chi connectivity index (χ0) is 15.8. The van der Waals surface area contributed by atoms with Crippen molar-refractivity contribution in [3.8, 4) is 0 Å². The highest BCUT2D eigenvalue weighted by Crippen LogP contribution is 2.35. The molecule has 112 valence electrons. The normalized spacial score (nSPS) is 11.7. The topological polar surface area (TPSA) is 63.3 Å². The predicted molar refractivity (Wildman–Crippen MR) is 68.5 cm³/mol. The van der Waals surface area contributed by atoms with Gasteiger partial charge in [0.05, 0.1) is 16.8 Å². The van der Waals surface area contributed by atoms with Crippen LogP contribution < -0.4 is 0 Å². The first kappa shape index (κ1) is 15.4. The highest BCUT2D eigenvalue weighted by Gasteiger charge is 2.32. The van der Waals surface area contributed by atoms with Gasteiger partial charge in [0.15, 0.2) is 0 Å². The second kappa shape index (κ2) is 5.44. The van der Waals surface area contributed by atoms with E-state index in [1.165, 1.54) is 0 Å². The van der Waals surface area contributed by atoms with Crippen molar-refractivity contribution in [2.45, 2.75) is 30.1 Å². The third-order valence-electron chi connectivity index (χ3n) is 2.74. The van der Waals surface area contributed by atoms with Gasteiger partial charge in [0, 0.05) is 4.90 Å². The summed E-state index contributed by atoms with van der Waals surface area (Å²) in [5.74, 6) is -0.870. The molecule has 0 saturated heterocycles. The minimum Gasteiger partial charge on any atom is -0.478 e. The lowest BCUT2D eigenvalue weighted by molar-refractivity contribution is -0.137. The number of carbonyl (C=O) groups is 1. The van der Waals surface area contributed by atoms with Crippen LogP contribution in [0.1, 0.15) is 27.4 Å². The number of nitrogens with zero attached hydrogens (tertiary/aromatic N) is 1. The van der Waals surface area contributed by atoms with Gasteiger partial charge in [-0.15, -0.1) is 0 Å². The van der Waals surface area contributed by atoms with E-state index in [-0.39, 0.29) is 10.1 Å². The average Bonchev–Trinajstić information content (AvgIpc) is 2.67. The summed E-state index contributed by atoms with van der Waals surface area (Å²) in [7, 11) is 0. The summed E-state index contributed by atoms with van der Waals surface area (Å²) in [6, 6.07) is 2.54. The number of carboxylic acid groups (broad SMARTS) is 1. The van der Waals surface area contributed by atoms with Crippen LogP contribution in [-0.2, 0) is 6.18 Å². The van der Waals surface area contributed by atoms with Crippen LogP contribution in [0, 0.1) is 13.8 Å².